The molecule has 0 saturated carbocycles. The van der Waals surface area contributed by atoms with E-state index in [1.807, 2.05) is 0 Å². The standard InChI is InChI=1S/C8H10N4O4S/c9-12-10-2-1-5(13)6(14)4-3-17-7(11-4)8(15)16/h3,5-6,13-14H,1-2H2,(H,15,16). The molecule has 0 aliphatic rings. The Labute approximate surface area is 99.8 Å². The number of aromatic nitrogens is 1. The van der Waals surface area contributed by atoms with Crippen molar-refractivity contribution in [3.05, 3.63) is 26.5 Å². The molecule has 1 aromatic rings. The third-order valence-corrected chi connectivity index (χ3v) is 2.81. The van der Waals surface area contributed by atoms with Gasteiger partial charge in [0.15, 0.2) is 0 Å². The zero-order valence-electron chi connectivity index (χ0n) is 8.59. The van der Waals surface area contributed by atoms with Crippen LogP contribution in [0.2, 0.25) is 0 Å². The van der Waals surface area contributed by atoms with Gasteiger partial charge in [-0.15, -0.1) is 11.3 Å². The molecular formula is C8H10N4O4S. The number of rotatable bonds is 6. The number of azide groups is 1. The summed E-state index contributed by atoms with van der Waals surface area (Å²) in [4.78, 5) is 16.7. The molecule has 3 N–H and O–H groups in total. The topological polar surface area (TPSA) is 139 Å². The number of aromatic carboxylic acids is 1. The van der Waals surface area contributed by atoms with Gasteiger partial charge in [-0.2, -0.15) is 0 Å². The van der Waals surface area contributed by atoms with Crippen molar-refractivity contribution >= 4 is 17.3 Å². The van der Waals surface area contributed by atoms with E-state index in [0.29, 0.717) is 0 Å². The summed E-state index contributed by atoms with van der Waals surface area (Å²) in [6.07, 6.45) is -2.36. The fourth-order valence-electron chi connectivity index (χ4n) is 1.11. The number of thiazole rings is 1. The number of aliphatic hydroxyl groups excluding tert-OH is 2. The Kier molecular flexibility index (Phi) is 4.85. The average Bonchev–Trinajstić information content (AvgIpc) is 2.77. The first kappa shape index (κ1) is 13.4. The molecule has 0 amide bonds. The molecular weight excluding hydrogens is 248 g/mol. The predicted octanol–water partition coefficient (Wildman–Crippen LogP) is 0.936. The Morgan fingerprint density at radius 3 is 2.88 bits per heavy atom. The lowest BCUT2D eigenvalue weighted by Gasteiger charge is -2.14. The average molecular weight is 258 g/mol. The zero-order valence-corrected chi connectivity index (χ0v) is 9.41. The van der Waals surface area contributed by atoms with Crippen molar-refractivity contribution in [3.63, 3.8) is 0 Å². The number of carbonyl (C=O) groups is 1. The van der Waals surface area contributed by atoms with Gasteiger partial charge in [0.2, 0.25) is 5.01 Å². The van der Waals surface area contributed by atoms with Gasteiger partial charge >= 0.3 is 5.97 Å². The molecule has 0 saturated heterocycles. The highest BCUT2D eigenvalue weighted by Crippen LogP contribution is 2.21. The van der Waals surface area contributed by atoms with Crippen LogP contribution < -0.4 is 0 Å². The molecule has 9 heteroatoms. The normalized spacial score (nSPS) is 13.8. The number of hydrogen-bond acceptors (Lipinski definition) is 6. The van der Waals surface area contributed by atoms with Crippen LogP contribution in [0.4, 0.5) is 0 Å². The molecule has 2 atom stereocenters. The van der Waals surface area contributed by atoms with E-state index in [-0.39, 0.29) is 23.7 Å². The lowest BCUT2D eigenvalue weighted by atomic mass is 10.1. The highest BCUT2D eigenvalue weighted by atomic mass is 32.1. The highest BCUT2D eigenvalue weighted by Gasteiger charge is 2.21. The van der Waals surface area contributed by atoms with Crippen molar-refractivity contribution in [2.75, 3.05) is 6.54 Å². The Balaban J connectivity index is 2.64. The first-order valence-corrected chi connectivity index (χ1v) is 5.50. The largest absolute Gasteiger partial charge is 0.476 e. The third kappa shape index (κ3) is 3.68. The molecule has 0 radical (unpaired) electrons. The van der Waals surface area contributed by atoms with E-state index in [9.17, 15) is 15.0 Å². The van der Waals surface area contributed by atoms with Crippen LogP contribution >= 0.6 is 11.3 Å². The minimum Gasteiger partial charge on any atom is -0.476 e. The maximum absolute atomic E-state index is 10.6. The predicted molar refractivity (Wildman–Crippen MR) is 58.7 cm³/mol. The summed E-state index contributed by atoms with van der Waals surface area (Å²) < 4.78 is 0. The van der Waals surface area contributed by atoms with Gasteiger partial charge in [0.1, 0.15) is 6.10 Å². The number of nitrogens with zero attached hydrogens (tertiary/aromatic N) is 4. The summed E-state index contributed by atoms with van der Waals surface area (Å²) in [7, 11) is 0. The molecule has 0 spiro atoms. The van der Waals surface area contributed by atoms with Crippen molar-refractivity contribution in [1.29, 1.82) is 0 Å². The fourth-order valence-corrected chi connectivity index (χ4v) is 1.79. The van der Waals surface area contributed by atoms with Crippen LogP contribution in [0.3, 0.4) is 0 Å². The summed E-state index contributed by atoms with van der Waals surface area (Å²) >= 11 is 0.868. The van der Waals surface area contributed by atoms with Gasteiger partial charge in [-0.05, 0) is 12.0 Å². The van der Waals surface area contributed by atoms with Gasteiger partial charge in [0.25, 0.3) is 0 Å². The van der Waals surface area contributed by atoms with Crippen LogP contribution in [0, 0.1) is 0 Å². The summed E-state index contributed by atoms with van der Waals surface area (Å²) in [6.45, 7) is 0.0463. The first-order chi connectivity index (χ1) is 8.06. The Hall–Kier alpha value is -1.67. The van der Waals surface area contributed by atoms with E-state index in [4.69, 9.17) is 10.6 Å². The zero-order chi connectivity index (χ0) is 12.8. The van der Waals surface area contributed by atoms with Crippen molar-refractivity contribution in [3.8, 4) is 0 Å². The lowest BCUT2D eigenvalue weighted by Crippen LogP contribution is -2.19. The number of carboxylic acids is 1. The Bertz CT molecular complexity index is 442. The Morgan fingerprint density at radius 1 is 1.65 bits per heavy atom. The fraction of sp³-hybridized carbons (Fsp3) is 0.500. The van der Waals surface area contributed by atoms with Crippen molar-refractivity contribution in [2.24, 2.45) is 5.11 Å². The van der Waals surface area contributed by atoms with Crippen molar-refractivity contribution < 1.29 is 20.1 Å². The monoisotopic (exact) mass is 258 g/mol. The van der Waals surface area contributed by atoms with Gasteiger partial charge in [0.05, 0.1) is 11.8 Å². The van der Waals surface area contributed by atoms with Crippen LogP contribution in [0.5, 0.6) is 0 Å². The number of hydrogen-bond donors (Lipinski definition) is 3. The van der Waals surface area contributed by atoms with E-state index >= 15 is 0 Å². The molecule has 1 rings (SSSR count). The molecule has 0 aromatic carbocycles. The summed E-state index contributed by atoms with van der Waals surface area (Å²) in [5.41, 5.74) is 8.14. The molecule has 8 nitrogen and oxygen atoms in total. The SMILES string of the molecule is [N-]=[N+]=NCCC(O)C(O)c1csc(C(=O)O)n1. The highest BCUT2D eigenvalue weighted by molar-refractivity contribution is 7.11. The van der Waals surface area contributed by atoms with Gasteiger partial charge < -0.3 is 15.3 Å². The van der Waals surface area contributed by atoms with Crippen LogP contribution in [0.25, 0.3) is 10.4 Å². The van der Waals surface area contributed by atoms with Gasteiger partial charge in [-0.1, -0.05) is 5.11 Å². The number of aliphatic hydroxyl groups is 2. The van der Waals surface area contributed by atoms with E-state index in [1.54, 1.807) is 0 Å². The minimum absolute atomic E-state index is 0.0463. The molecule has 17 heavy (non-hydrogen) atoms. The van der Waals surface area contributed by atoms with Gasteiger partial charge in [-0.3, -0.25) is 0 Å². The molecule has 0 fully saturated rings. The molecule has 2 unspecified atom stereocenters. The molecule has 0 aliphatic heterocycles. The quantitative estimate of drug-likeness (QED) is 0.395. The molecule has 92 valence electrons. The Morgan fingerprint density at radius 2 is 2.35 bits per heavy atom. The molecule has 0 bridgehead atoms. The second-order valence-electron chi connectivity index (χ2n) is 3.14. The van der Waals surface area contributed by atoms with Gasteiger partial charge in [-0.25, -0.2) is 9.78 Å². The minimum atomic E-state index is -1.28. The maximum atomic E-state index is 10.6. The first-order valence-electron chi connectivity index (χ1n) is 4.62. The van der Waals surface area contributed by atoms with Crippen molar-refractivity contribution in [1.82, 2.24) is 4.98 Å². The van der Waals surface area contributed by atoms with Crippen LogP contribution in [-0.2, 0) is 0 Å². The van der Waals surface area contributed by atoms with Crippen LogP contribution in [0.15, 0.2) is 10.5 Å². The second-order valence-corrected chi connectivity index (χ2v) is 4.00. The van der Waals surface area contributed by atoms with E-state index in [2.05, 4.69) is 15.0 Å². The lowest BCUT2D eigenvalue weighted by molar-refractivity contribution is 0.0127. The summed E-state index contributed by atoms with van der Waals surface area (Å²) in [5, 5.41) is 32.3. The van der Waals surface area contributed by atoms with E-state index < -0.39 is 18.2 Å². The van der Waals surface area contributed by atoms with Crippen LogP contribution in [-0.4, -0.2) is 38.9 Å². The third-order valence-electron chi connectivity index (χ3n) is 1.96. The molecule has 0 aliphatic carbocycles. The summed E-state index contributed by atoms with van der Waals surface area (Å²) in [5.74, 6) is -1.18. The van der Waals surface area contributed by atoms with E-state index in [0.717, 1.165) is 11.3 Å². The van der Waals surface area contributed by atoms with E-state index in [1.165, 1.54) is 5.38 Å². The molecule has 1 aromatic heterocycles. The number of carboxylic acid groups (broad SMARTS) is 1. The van der Waals surface area contributed by atoms with Crippen molar-refractivity contribution in [2.45, 2.75) is 18.6 Å². The second kappa shape index (κ2) is 6.16. The molecule has 1 heterocycles. The maximum Gasteiger partial charge on any atom is 0.365 e. The van der Waals surface area contributed by atoms with Crippen LogP contribution in [0.1, 0.15) is 28.0 Å². The summed E-state index contributed by atoms with van der Waals surface area (Å²) in [6, 6.07) is 0. The smallest absolute Gasteiger partial charge is 0.365 e. The van der Waals surface area contributed by atoms with Gasteiger partial charge in [0, 0.05) is 16.8 Å².